The number of ketones is 1. The normalized spacial score (nSPS) is 30.1. The fraction of sp³-hybridized carbons (Fsp3) is 0.636. The van der Waals surface area contributed by atoms with Crippen molar-refractivity contribution in [1.82, 2.24) is 10.2 Å². The monoisotopic (exact) mass is 370 g/mol. The molecule has 0 spiro atoms. The molecular weight excluding hydrogens is 340 g/mol. The van der Waals surface area contributed by atoms with Crippen LogP contribution in [0.3, 0.4) is 0 Å². The molecule has 2 aliphatic carbocycles. The van der Waals surface area contributed by atoms with Gasteiger partial charge in [0.25, 0.3) is 0 Å². The van der Waals surface area contributed by atoms with Gasteiger partial charge < -0.3 is 10.1 Å². The third kappa shape index (κ3) is 3.32. The number of benzene rings is 1. The van der Waals surface area contributed by atoms with Crippen LogP contribution in [-0.4, -0.2) is 49.4 Å². The van der Waals surface area contributed by atoms with E-state index in [-0.39, 0.29) is 29.8 Å². The van der Waals surface area contributed by atoms with E-state index >= 15 is 0 Å². The fourth-order valence-electron chi connectivity index (χ4n) is 4.95. The number of carbonyl (C=O) groups excluding carboxylic acids is 2. The average Bonchev–Trinajstić information content (AvgIpc) is 3.46. The summed E-state index contributed by atoms with van der Waals surface area (Å²) in [7, 11) is 1.51. The molecule has 1 saturated heterocycles. The summed E-state index contributed by atoms with van der Waals surface area (Å²) in [6.45, 7) is 7.18. The van der Waals surface area contributed by atoms with Crippen LogP contribution in [0.15, 0.2) is 18.2 Å². The number of methoxy groups -OCH3 is 1. The van der Waals surface area contributed by atoms with Crippen LogP contribution in [-0.2, 0) is 21.5 Å². The van der Waals surface area contributed by atoms with Gasteiger partial charge in [0.15, 0.2) is 5.78 Å². The standard InChI is InChI=1S/C22H30N2O3/c1-14-20-21(26)17-7-6-16(11-23-19(25)13-27-3)10-18(17)22(14,2)8-9-24(20)12-15-4-5-15/h6-7,10,14-15,20H,4-5,8-9,11-13H2,1-3H3,(H,23,25)/t14-,20-,22-/m0/s1. The van der Waals surface area contributed by atoms with Crippen LogP contribution < -0.4 is 5.32 Å². The van der Waals surface area contributed by atoms with Crippen LogP contribution in [0.4, 0.5) is 0 Å². The molecule has 27 heavy (non-hydrogen) atoms. The molecule has 1 aromatic carbocycles. The minimum absolute atomic E-state index is 0.0144. The molecule has 0 aromatic heterocycles. The van der Waals surface area contributed by atoms with Crippen LogP contribution in [0, 0.1) is 11.8 Å². The topological polar surface area (TPSA) is 58.6 Å². The maximum Gasteiger partial charge on any atom is 0.246 e. The second kappa shape index (κ2) is 7.02. The fourth-order valence-corrected chi connectivity index (χ4v) is 4.95. The summed E-state index contributed by atoms with van der Waals surface area (Å²) in [5.74, 6) is 1.27. The van der Waals surface area contributed by atoms with Gasteiger partial charge in [-0.2, -0.15) is 0 Å². The van der Waals surface area contributed by atoms with Gasteiger partial charge in [-0.3, -0.25) is 14.5 Å². The smallest absolute Gasteiger partial charge is 0.246 e. The minimum Gasteiger partial charge on any atom is -0.375 e. The molecule has 1 aliphatic heterocycles. The molecule has 146 valence electrons. The molecule has 1 amide bonds. The third-order valence-electron chi connectivity index (χ3n) is 6.98. The number of piperidine rings is 1. The van der Waals surface area contributed by atoms with E-state index < -0.39 is 0 Å². The van der Waals surface area contributed by atoms with Gasteiger partial charge in [-0.15, -0.1) is 0 Å². The number of hydrogen-bond donors (Lipinski definition) is 1. The van der Waals surface area contributed by atoms with Crippen molar-refractivity contribution in [1.29, 1.82) is 0 Å². The highest BCUT2D eigenvalue weighted by Gasteiger charge is 2.52. The van der Waals surface area contributed by atoms with Gasteiger partial charge >= 0.3 is 0 Å². The Morgan fingerprint density at radius 3 is 2.85 bits per heavy atom. The predicted molar refractivity (Wildman–Crippen MR) is 104 cm³/mol. The van der Waals surface area contributed by atoms with Crippen molar-refractivity contribution in [2.75, 3.05) is 26.8 Å². The molecule has 1 saturated carbocycles. The molecule has 2 bridgehead atoms. The van der Waals surface area contributed by atoms with E-state index in [4.69, 9.17) is 4.74 Å². The maximum absolute atomic E-state index is 13.3. The zero-order chi connectivity index (χ0) is 19.2. The molecule has 5 nitrogen and oxygen atoms in total. The lowest BCUT2D eigenvalue weighted by molar-refractivity contribution is -0.124. The number of ether oxygens (including phenoxy) is 1. The molecule has 1 heterocycles. The van der Waals surface area contributed by atoms with Gasteiger partial charge in [0, 0.05) is 25.8 Å². The zero-order valence-electron chi connectivity index (χ0n) is 16.6. The van der Waals surface area contributed by atoms with E-state index in [1.807, 2.05) is 12.1 Å². The Bertz CT molecular complexity index is 758. The average molecular weight is 370 g/mol. The molecule has 3 aliphatic rings. The second-order valence-electron chi connectivity index (χ2n) is 8.79. The van der Waals surface area contributed by atoms with Gasteiger partial charge in [0.05, 0.1) is 6.04 Å². The van der Waals surface area contributed by atoms with Crippen molar-refractivity contribution in [2.24, 2.45) is 11.8 Å². The Kier molecular flexibility index (Phi) is 4.85. The highest BCUT2D eigenvalue weighted by molar-refractivity contribution is 6.03. The van der Waals surface area contributed by atoms with E-state index in [2.05, 4.69) is 30.1 Å². The van der Waals surface area contributed by atoms with Crippen molar-refractivity contribution in [2.45, 2.75) is 51.1 Å². The lowest BCUT2D eigenvalue weighted by Gasteiger charge is -2.53. The summed E-state index contributed by atoms with van der Waals surface area (Å²) >= 11 is 0. The van der Waals surface area contributed by atoms with E-state index in [1.165, 1.54) is 25.5 Å². The first-order valence-electron chi connectivity index (χ1n) is 10.1. The Balaban J connectivity index is 1.60. The Labute approximate surface area is 161 Å². The van der Waals surface area contributed by atoms with Crippen LogP contribution >= 0.6 is 0 Å². The van der Waals surface area contributed by atoms with Gasteiger partial charge in [-0.1, -0.05) is 32.0 Å². The van der Waals surface area contributed by atoms with Crippen LogP contribution in [0.1, 0.15) is 54.6 Å². The molecule has 0 radical (unpaired) electrons. The van der Waals surface area contributed by atoms with E-state index in [1.54, 1.807) is 0 Å². The number of Topliss-reactive ketones (excluding diaryl/α,β-unsaturated/α-hetero) is 1. The van der Waals surface area contributed by atoms with Crippen LogP contribution in [0.5, 0.6) is 0 Å². The minimum atomic E-state index is -0.126. The van der Waals surface area contributed by atoms with Crippen LogP contribution in [0.25, 0.3) is 0 Å². The number of amides is 1. The summed E-state index contributed by atoms with van der Waals surface area (Å²) in [4.78, 5) is 27.5. The number of fused-ring (bicyclic) bond motifs is 4. The quantitative estimate of drug-likeness (QED) is 0.836. The van der Waals surface area contributed by atoms with Gasteiger partial charge in [-0.25, -0.2) is 0 Å². The van der Waals surface area contributed by atoms with Crippen molar-refractivity contribution in [3.63, 3.8) is 0 Å². The molecule has 1 aromatic rings. The summed E-state index contributed by atoms with van der Waals surface area (Å²) in [6.07, 6.45) is 3.72. The first-order chi connectivity index (χ1) is 12.9. The van der Waals surface area contributed by atoms with Crippen molar-refractivity contribution in [3.05, 3.63) is 34.9 Å². The van der Waals surface area contributed by atoms with Crippen LogP contribution in [0.2, 0.25) is 0 Å². The predicted octanol–water partition coefficient (Wildman–Crippen LogP) is 2.52. The van der Waals surface area contributed by atoms with Gasteiger partial charge in [-0.05, 0) is 54.2 Å². The summed E-state index contributed by atoms with van der Waals surface area (Å²) in [5, 5.41) is 2.88. The molecule has 3 atom stereocenters. The zero-order valence-corrected chi connectivity index (χ0v) is 16.6. The Morgan fingerprint density at radius 2 is 2.15 bits per heavy atom. The number of likely N-dealkylation sites (tertiary alicyclic amines) is 1. The summed E-state index contributed by atoms with van der Waals surface area (Å²) in [6, 6.07) is 6.12. The van der Waals surface area contributed by atoms with E-state index in [9.17, 15) is 9.59 Å². The number of nitrogens with one attached hydrogen (secondary N) is 1. The van der Waals surface area contributed by atoms with Crippen molar-refractivity contribution < 1.29 is 14.3 Å². The molecule has 0 unspecified atom stereocenters. The highest BCUT2D eigenvalue weighted by atomic mass is 16.5. The lowest BCUT2D eigenvalue weighted by atomic mass is 9.58. The summed E-state index contributed by atoms with van der Waals surface area (Å²) < 4.78 is 4.86. The number of carbonyl (C=O) groups is 2. The largest absolute Gasteiger partial charge is 0.375 e. The molecule has 5 heteroatoms. The first-order valence-corrected chi connectivity index (χ1v) is 10.1. The van der Waals surface area contributed by atoms with E-state index in [0.29, 0.717) is 12.5 Å². The van der Waals surface area contributed by atoms with Crippen molar-refractivity contribution in [3.8, 4) is 0 Å². The van der Waals surface area contributed by atoms with Crippen molar-refractivity contribution >= 4 is 11.7 Å². The SMILES string of the molecule is COCC(=O)NCc1ccc2c(c1)[C@@]1(C)CCN(CC3CC3)[C@H](C2=O)[C@@H]1C. The van der Waals surface area contributed by atoms with Gasteiger partial charge in [0.2, 0.25) is 5.91 Å². The molecular formula is C22H30N2O3. The lowest BCUT2D eigenvalue weighted by Crippen LogP contribution is -2.61. The van der Waals surface area contributed by atoms with Gasteiger partial charge in [0.1, 0.15) is 6.61 Å². The number of nitrogens with zero attached hydrogens (tertiary/aromatic N) is 1. The maximum atomic E-state index is 13.3. The first kappa shape index (κ1) is 18.6. The third-order valence-corrected chi connectivity index (χ3v) is 6.98. The Morgan fingerprint density at radius 1 is 1.37 bits per heavy atom. The number of rotatable bonds is 6. The molecule has 1 N–H and O–H groups in total. The molecule has 4 rings (SSSR count). The van der Waals surface area contributed by atoms with E-state index in [0.717, 1.165) is 36.6 Å². The number of hydrogen-bond acceptors (Lipinski definition) is 4. The Hall–Kier alpha value is -1.72. The summed E-state index contributed by atoms with van der Waals surface area (Å²) in [5.41, 5.74) is 3.10. The highest BCUT2D eigenvalue weighted by Crippen LogP contribution is 2.49. The second-order valence-corrected chi connectivity index (χ2v) is 8.79. The molecule has 2 fully saturated rings.